The van der Waals surface area contributed by atoms with Crippen LogP contribution in [-0.2, 0) is 21.1 Å². The van der Waals surface area contributed by atoms with Gasteiger partial charge in [-0.05, 0) is 23.7 Å². The first-order chi connectivity index (χ1) is 15.3. The van der Waals surface area contributed by atoms with Crippen molar-refractivity contribution in [1.82, 2.24) is 14.8 Å². The third kappa shape index (κ3) is 3.69. The van der Waals surface area contributed by atoms with Crippen molar-refractivity contribution in [3.05, 3.63) is 115 Å². The number of hydrogen-bond donors (Lipinski definition) is 0. The van der Waals surface area contributed by atoms with Gasteiger partial charge in [0, 0.05) is 47.3 Å². The monoisotopic (exact) mass is 598 g/mol. The van der Waals surface area contributed by atoms with Crippen molar-refractivity contribution in [2.24, 2.45) is 0 Å². The number of pyridine rings is 1. The molecule has 1 aliphatic heterocycles. The normalized spacial score (nSPS) is 17.5. The molecular weight excluding hydrogens is 581 g/mol. The fourth-order valence-electron chi connectivity index (χ4n) is 4.10. The smallest absolute Gasteiger partial charge is 0.509 e. The van der Waals surface area contributed by atoms with Crippen LogP contribution >= 0.6 is 0 Å². The van der Waals surface area contributed by atoms with Crippen LogP contribution in [0.5, 0.6) is 23.1 Å². The minimum Gasteiger partial charge on any atom is -0.509 e. The minimum absolute atomic E-state index is 0. The maximum atomic E-state index is 6.07. The van der Waals surface area contributed by atoms with Gasteiger partial charge in [0.2, 0.25) is 5.88 Å². The number of benzene rings is 2. The molecule has 0 bridgehead atoms. The summed E-state index contributed by atoms with van der Waals surface area (Å²) in [5, 5.41) is 4.54. The van der Waals surface area contributed by atoms with E-state index >= 15 is 0 Å². The Morgan fingerprint density at radius 1 is 0.750 bits per heavy atom. The number of ether oxygens (including phenoxy) is 2. The van der Waals surface area contributed by atoms with Crippen molar-refractivity contribution >= 4 is 0 Å². The summed E-state index contributed by atoms with van der Waals surface area (Å²) in [4.78, 5) is 4.18. The van der Waals surface area contributed by atoms with Crippen molar-refractivity contribution < 1.29 is 30.5 Å². The zero-order chi connectivity index (χ0) is 20.6. The number of nitrogens with zero attached hydrogens (tertiary/aromatic N) is 3. The Morgan fingerprint density at radius 3 is 2.41 bits per heavy atom. The predicted molar refractivity (Wildman–Crippen MR) is 116 cm³/mol. The summed E-state index contributed by atoms with van der Waals surface area (Å²) in [5.74, 6) is 2.74. The number of rotatable bonds is 4. The van der Waals surface area contributed by atoms with Crippen LogP contribution in [0.25, 0.3) is 5.69 Å². The first-order valence-electron chi connectivity index (χ1n) is 10.1. The van der Waals surface area contributed by atoms with Crippen LogP contribution in [0.4, 0.5) is 0 Å². The molecule has 6 rings (SSSR count). The summed E-state index contributed by atoms with van der Waals surface area (Å²) >= 11 is 0. The van der Waals surface area contributed by atoms with E-state index in [2.05, 4.69) is 58.7 Å². The second-order valence-electron chi connectivity index (χ2n) is 7.37. The number of fused-ring (bicyclic) bond motifs is 6. The molecule has 0 radical (unpaired) electrons. The van der Waals surface area contributed by atoms with Gasteiger partial charge in [-0.25, -0.2) is 4.98 Å². The van der Waals surface area contributed by atoms with Crippen molar-refractivity contribution in [2.45, 2.75) is 11.8 Å². The van der Waals surface area contributed by atoms with Crippen molar-refractivity contribution in [1.29, 1.82) is 0 Å². The van der Waals surface area contributed by atoms with Gasteiger partial charge in [0.1, 0.15) is 0 Å². The quantitative estimate of drug-likeness (QED) is 0.281. The van der Waals surface area contributed by atoms with Gasteiger partial charge in [0.05, 0.1) is 0 Å². The van der Waals surface area contributed by atoms with E-state index < -0.39 is 0 Å². The Kier molecular flexibility index (Phi) is 5.50. The van der Waals surface area contributed by atoms with Crippen LogP contribution in [0.1, 0.15) is 23.1 Å². The summed E-state index contributed by atoms with van der Waals surface area (Å²) in [6.45, 7) is 0. The van der Waals surface area contributed by atoms with Gasteiger partial charge in [-0.1, -0.05) is 36.4 Å². The van der Waals surface area contributed by atoms with Gasteiger partial charge in [-0.2, -0.15) is 17.2 Å². The van der Waals surface area contributed by atoms with E-state index in [4.69, 9.17) is 9.47 Å². The van der Waals surface area contributed by atoms with Crippen LogP contribution in [0.3, 0.4) is 0 Å². The number of allylic oxidation sites excluding steroid dienone is 4. The molecule has 2 aliphatic rings. The van der Waals surface area contributed by atoms with Crippen LogP contribution in [-0.4, -0.2) is 14.8 Å². The Hall–Kier alpha value is -3.43. The van der Waals surface area contributed by atoms with Gasteiger partial charge < -0.3 is 9.47 Å². The minimum atomic E-state index is 0. The van der Waals surface area contributed by atoms with Crippen LogP contribution in [0.2, 0.25) is 0 Å². The van der Waals surface area contributed by atoms with Crippen molar-refractivity contribution in [3.8, 4) is 28.8 Å². The van der Waals surface area contributed by atoms with E-state index in [1.54, 1.807) is 12.3 Å². The van der Waals surface area contributed by atoms with Crippen LogP contribution in [0.15, 0.2) is 91.3 Å². The van der Waals surface area contributed by atoms with E-state index in [0.29, 0.717) is 23.1 Å². The first kappa shape index (κ1) is 20.5. The largest absolute Gasteiger partial charge is 2.00 e. The molecule has 0 saturated heterocycles. The van der Waals surface area contributed by atoms with E-state index in [1.165, 1.54) is 5.56 Å². The third-order valence-corrected chi connectivity index (χ3v) is 5.46. The molecule has 2 aromatic heterocycles. The average molecular weight is 599 g/mol. The molecule has 0 fully saturated rings. The fourth-order valence-corrected chi connectivity index (χ4v) is 4.10. The summed E-state index contributed by atoms with van der Waals surface area (Å²) < 4.78 is 13.8. The van der Waals surface area contributed by atoms with Crippen molar-refractivity contribution in [3.63, 3.8) is 0 Å². The van der Waals surface area contributed by atoms with Gasteiger partial charge in [-0.15, -0.1) is 29.8 Å². The average Bonchev–Trinajstić information content (AvgIpc) is 3.31. The molecule has 2 aromatic carbocycles. The van der Waals surface area contributed by atoms with E-state index in [1.807, 2.05) is 47.3 Å². The maximum Gasteiger partial charge on any atom is 2.00 e. The molecule has 0 N–H and O–H groups in total. The summed E-state index contributed by atoms with van der Waals surface area (Å²) in [7, 11) is 0. The molecule has 4 aromatic rings. The molecule has 6 heteroatoms. The zero-order valence-electron chi connectivity index (χ0n) is 16.8. The van der Waals surface area contributed by atoms with Crippen LogP contribution < -0.4 is 9.47 Å². The molecular formula is C26H17N3O2Pt. The topological polar surface area (TPSA) is 49.2 Å². The molecule has 5 nitrogen and oxygen atoms in total. The number of aromatic nitrogens is 3. The second-order valence-corrected chi connectivity index (χ2v) is 7.37. The Morgan fingerprint density at radius 2 is 1.56 bits per heavy atom. The van der Waals surface area contributed by atoms with E-state index in [0.717, 1.165) is 11.4 Å². The Labute approximate surface area is 200 Å². The molecule has 0 amide bonds. The van der Waals surface area contributed by atoms with Gasteiger partial charge in [-0.3, -0.25) is 4.68 Å². The van der Waals surface area contributed by atoms with Crippen molar-refractivity contribution in [2.75, 3.05) is 0 Å². The van der Waals surface area contributed by atoms with Gasteiger partial charge >= 0.3 is 21.1 Å². The molecule has 0 saturated carbocycles. The second kappa shape index (κ2) is 8.60. The predicted octanol–water partition coefficient (Wildman–Crippen LogP) is 5.76. The van der Waals surface area contributed by atoms with Gasteiger partial charge in [0.25, 0.3) is 0 Å². The van der Waals surface area contributed by atoms with E-state index in [9.17, 15) is 0 Å². The molecule has 2 atom stereocenters. The first-order valence-corrected chi connectivity index (χ1v) is 10.1. The summed E-state index contributed by atoms with van der Waals surface area (Å²) in [6, 6.07) is 23.7. The van der Waals surface area contributed by atoms with Crippen LogP contribution in [0, 0.1) is 12.1 Å². The Balaban J connectivity index is 0.00000216. The zero-order valence-corrected chi connectivity index (χ0v) is 19.1. The molecule has 158 valence electrons. The molecule has 3 heterocycles. The maximum absolute atomic E-state index is 6.07. The summed E-state index contributed by atoms with van der Waals surface area (Å²) in [6.07, 6.45) is 12.2. The van der Waals surface area contributed by atoms with E-state index in [-0.39, 0.29) is 32.9 Å². The SMILES string of the molecule is [Pt+2].[c-]1c(Oc2[c-]c3c(cc2)C2C=CC=CC2c2ccnn2-3)cccc1Oc1ccccn1. The molecule has 1 aliphatic carbocycles. The third-order valence-electron chi connectivity index (χ3n) is 5.46. The van der Waals surface area contributed by atoms with Gasteiger partial charge in [0.15, 0.2) is 0 Å². The fraction of sp³-hybridized carbons (Fsp3) is 0.0769. The summed E-state index contributed by atoms with van der Waals surface area (Å²) in [5.41, 5.74) is 3.26. The Bertz CT molecular complexity index is 1310. The molecule has 2 unspecified atom stereocenters. The molecule has 32 heavy (non-hydrogen) atoms. The number of hydrogen-bond acceptors (Lipinski definition) is 4. The standard InChI is InChI=1S/C26H17N3O2.Pt/c1-2-9-22-21(8-1)23-12-11-20(17-25(23)29-24(22)13-15-28-29)30-18-6-5-7-19(16-18)31-26-10-3-4-14-27-26;/h1-15,21-22H;/q-2;+2. The molecule has 0 spiro atoms.